The Labute approximate surface area is 128 Å². The summed E-state index contributed by atoms with van der Waals surface area (Å²) in [4.78, 5) is 11.6. The summed E-state index contributed by atoms with van der Waals surface area (Å²) < 4.78 is 0. The fraction of sp³-hybridized carbons (Fsp3) is 0.125. The molecule has 2 rings (SSSR count). The molecule has 0 saturated heterocycles. The van der Waals surface area contributed by atoms with Crippen molar-refractivity contribution >= 4 is 17.8 Å². The van der Waals surface area contributed by atoms with Gasteiger partial charge in [-0.3, -0.25) is 4.79 Å². The maximum atomic E-state index is 11.6. The van der Waals surface area contributed by atoms with E-state index in [1.54, 1.807) is 6.07 Å². The smallest absolute Gasteiger partial charge is 0.259 e. The molecule has 0 heterocycles. The SMILES string of the molecule is Cc1cccc(NCC(=O)NN=Cc2ccc(O)c(O)c2)c1. The molecule has 6 heteroatoms. The van der Waals surface area contributed by atoms with Crippen LogP contribution in [0.1, 0.15) is 11.1 Å². The van der Waals surface area contributed by atoms with Crippen LogP contribution in [0.3, 0.4) is 0 Å². The lowest BCUT2D eigenvalue weighted by atomic mass is 10.2. The van der Waals surface area contributed by atoms with Crippen molar-refractivity contribution in [2.45, 2.75) is 6.92 Å². The summed E-state index contributed by atoms with van der Waals surface area (Å²) in [6.45, 7) is 2.07. The Hall–Kier alpha value is -3.02. The fourth-order valence-corrected chi connectivity index (χ4v) is 1.78. The predicted molar refractivity (Wildman–Crippen MR) is 85.2 cm³/mol. The number of carbonyl (C=O) groups is 1. The fourth-order valence-electron chi connectivity index (χ4n) is 1.78. The number of anilines is 1. The number of phenolic OH excluding ortho intramolecular Hbond substituents is 2. The van der Waals surface area contributed by atoms with Crippen LogP contribution in [0.15, 0.2) is 47.6 Å². The van der Waals surface area contributed by atoms with Gasteiger partial charge in [-0.1, -0.05) is 12.1 Å². The monoisotopic (exact) mass is 299 g/mol. The summed E-state index contributed by atoms with van der Waals surface area (Å²) in [5.41, 5.74) is 4.90. The van der Waals surface area contributed by atoms with Crippen LogP contribution in [0.25, 0.3) is 0 Å². The summed E-state index contributed by atoms with van der Waals surface area (Å²) in [7, 11) is 0. The van der Waals surface area contributed by atoms with Crippen molar-refractivity contribution in [3.63, 3.8) is 0 Å². The van der Waals surface area contributed by atoms with Gasteiger partial charge in [-0.05, 0) is 48.4 Å². The molecule has 0 saturated carbocycles. The number of hydrazone groups is 1. The van der Waals surface area contributed by atoms with Crippen LogP contribution in [-0.2, 0) is 4.79 Å². The van der Waals surface area contributed by atoms with E-state index in [1.807, 2.05) is 31.2 Å². The summed E-state index contributed by atoms with van der Waals surface area (Å²) in [6.07, 6.45) is 1.38. The molecule has 0 bridgehead atoms. The summed E-state index contributed by atoms with van der Waals surface area (Å²) >= 11 is 0. The lowest BCUT2D eigenvalue weighted by molar-refractivity contribution is -0.119. The minimum absolute atomic E-state index is 0.0988. The van der Waals surface area contributed by atoms with Gasteiger partial charge >= 0.3 is 0 Å². The van der Waals surface area contributed by atoms with Gasteiger partial charge in [0.1, 0.15) is 0 Å². The number of rotatable bonds is 5. The van der Waals surface area contributed by atoms with Crippen molar-refractivity contribution in [3.8, 4) is 11.5 Å². The number of carbonyl (C=O) groups excluding carboxylic acids is 1. The highest BCUT2D eigenvalue weighted by molar-refractivity contribution is 5.84. The predicted octanol–water partition coefficient (Wildman–Crippen LogP) is 1.97. The molecule has 0 unspecified atom stereocenters. The molecule has 0 aliphatic heterocycles. The first kappa shape index (κ1) is 15.4. The quantitative estimate of drug-likeness (QED) is 0.386. The Morgan fingerprint density at radius 2 is 2.00 bits per heavy atom. The zero-order valence-corrected chi connectivity index (χ0v) is 12.1. The zero-order chi connectivity index (χ0) is 15.9. The number of phenols is 2. The van der Waals surface area contributed by atoms with Crippen LogP contribution in [-0.4, -0.2) is 28.9 Å². The number of aromatic hydroxyl groups is 2. The summed E-state index contributed by atoms with van der Waals surface area (Å²) in [5, 5.41) is 25.3. The van der Waals surface area contributed by atoms with E-state index in [0.29, 0.717) is 5.56 Å². The molecule has 22 heavy (non-hydrogen) atoms. The van der Waals surface area contributed by atoms with Gasteiger partial charge in [-0.2, -0.15) is 5.10 Å². The minimum Gasteiger partial charge on any atom is -0.504 e. The highest BCUT2D eigenvalue weighted by Gasteiger charge is 2.01. The molecule has 0 aromatic heterocycles. The second-order valence-electron chi connectivity index (χ2n) is 4.76. The molecule has 1 amide bonds. The Bertz CT molecular complexity index is 699. The lowest BCUT2D eigenvalue weighted by Crippen LogP contribution is -2.25. The Morgan fingerprint density at radius 1 is 1.18 bits per heavy atom. The molecule has 0 radical (unpaired) electrons. The van der Waals surface area contributed by atoms with Crippen LogP contribution in [0, 0.1) is 6.92 Å². The molecule has 4 N–H and O–H groups in total. The Balaban J connectivity index is 1.82. The standard InChI is InChI=1S/C16H17N3O3/c1-11-3-2-4-13(7-11)17-10-16(22)19-18-9-12-5-6-14(20)15(21)8-12/h2-9,17,20-21H,10H2,1H3,(H,19,22). The first-order valence-corrected chi connectivity index (χ1v) is 6.69. The molecule has 6 nitrogen and oxygen atoms in total. The van der Waals surface area contributed by atoms with Crippen molar-refractivity contribution in [1.82, 2.24) is 5.43 Å². The van der Waals surface area contributed by atoms with E-state index in [9.17, 15) is 15.0 Å². The number of aryl methyl sites for hydroxylation is 1. The van der Waals surface area contributed by atoms with E-state index >= 15 is 0 Å². The van der Waals surface area contributed by atoms with Crippen molar-refractivity contribution in [3.05, 3.63) is 53.6 Å². The van der Waals surface area contributed by atoms with Crippen molar-refractivity contribution in [2.75, 3.05) is 11.9 Å². The van der Waals surface area contributed by atoms with Gasteiger partial charge in [0.25, 0.3) is 5.91 Å². The van der Waals surface area contributed by atoms with Crippen LogP contribution in [0.2, 0.25) is 0 Å². The second kappa shape index (κ2) is 7.12. The molecule has 114 valence electrons. The van der Waals surface area contributed by atoms with Gasteiger partial charge in [-0.15, -0.1) is 0 Å². The van der Waals surface area contributed by atoms with E-state index in [1.165, 1.54) is 18.3 Å². The average molecular weight is 299 g/mol. The second-order valence-corrected chi connectivity index (χ2v) is 4.76. The molecule has 0 fully saturated rings. The van der Waals surface area contributed by atoms with E-state index in [0.717, 1.165) is 11.3 Å². The zero-order valence-electron chi connectivity index (χ0n) is 12.1. The van der Waals surface area contributed by atoms with Gasteiger partial charge in [0.05, 0.1) is 12.8 Å². The minimum atomic E-state index is -0.291. The van der Waals surface area contributed by atoms with E-state index in [4.69, 9.17) is 0 Å². The van der Waals surface area contributed by atoms with Gasteiger partial charge in [0.2, 0.25) is 0 Å². The number of hydrogen-bond donors (Lipinski definition) is 4. The normalized spacial score (nSPS) is 10.6. The van der Waals surface area contributed by atoms with E-state index in [2.05, 4.69) is 15.8 Å². The Kier molecular flexibility index (Phi) is 4.98. The third-order valence-corrected chi connectivity index (χ3v) is 2.87. The summed E-state index contributed by atoms with van der Waals surface area (Å²) in [5.74, 6) is -0.735. The van der Waals surface area contributed by atoms with E-state index < -0.39 is 0 Å². The van der Waals surface area contributed by atoms with E-state index in [-0.39, 0.29) is 24.0 Å². The number of benzene rings is 2. The molecule has 0 aliphatic carbocycles. The molecule has 0 atom stereocenters. The molecule has 0 spiro atoms. The highest BCUT2D eigenvalue weighted by atomic mass is 16.3. The van der Waals surface area contributed by atoms with Crippen molar-refractivity contribution in [1.29, 1.82) is 0 Å². The number of amides is 1. The molecule has 2 aromatic rings. The van der Waals surface area contributed by atoms with Gasteiger partial charge in [-0.25, -0.2) is 5.43 Å². The topological polar surface area (TPSA) is 94.0 Å². The number of hydrogen-bond acceptors (Lipinski definition) is 5. The van der Waals surface area contributed by atoms with Crippen molar-refractivity contribution < 1.29 is 15.0 Å². The van der Waals surface area contributed by atoms with Gasteiger partial charge in [0.15, 0.2) is 11.5 Å². The summed E-state index contributed by atoms with van der Waals surface area (Å²) in [6, 6.07) is 12.0. The highest BCUT2D eigenvalue weighted by Crippen LogP contribution is 2.23. The van der Waals surface area contributed by atoms with Crippen molar-refractivity contribution in [2.24, 2.45) is 5.10 Å². The Morgan fingerprint density at radius 3 is 2.73 bits per heavy atom. The van der Waals surface area contributed by atoms with Gasteiger partial charge in [0, 0.05) is 5.69 Å². The molecule has 0 aliphatic rings. The lowest BCUT2D eigenvalue weighted by Gasteiger charge is -2.05. The molecular formula is C16H17N3O3. The van der Waals surface area contributed by atoms with Crippen LogP contribution < -0.4 is 10.7 Å². The largest absolute Gasteiger partial charge is 0.504 e. The van der Waals surface area contributed by atoms with Crippen LogP contribution >= 0.6 is 0 Å². The number of nitrogens with zero attached hydrogens (tertiary/aromatic N) is 1. The first-order chi connectivity index (χ1) is 10.5. The maximum absolute atomic E-state index is 11.6. The first-order valence-electron chi connectivity index (χ1n) is 6.69. The maximum Gasteiger partial charge on any atom is 0.259 e. The molecular weight excluding hydrogens is 282 g/mol. The third kappa shape index (κ3) is 4.52. The van der Waals surface area contributed by atoms with Gasteiger partial charge < -0.3 is 15.5 Å². The third-order valence-electron chi connectivity index (χ3n) is 2.87. The van der Waals surface area contributed by atoms with Crippen LogP contribution in [0.4, 0.5) is 5.69 Å². The average Bonchev–Trinajstić information content (AvgIpc) is 2.49. The van der Waals surface area contributed by atoms with Crippen LogP contribution in [0.5, 0.6) is 11.5 Å². The number of nitrogens with one attached hydrogen (secondary N) is 2. The molecule has 2 aromatic carbocycles.